The van der Waals surface area contributed by atoms with Crippen LogP contribution >= 0.6 is 24.8 Å². The zero-order valence-electron chi connectivity index (χ0n) is 23.4. The molecule has 0 aliphatic rings. The van der Waals surface area contributed by atoms with Crippen molar-refractivity contribution in [3.63, 3.8) is 0 Å². The van der Waals surface area contributed by atoms with Gasteiger partial charge in [-0.1, -0.05) is 76.9 Å². The van der Waals surface area contributed by atoms with E-state index in [1.807, 2.05) is 74.7 Å². The van der Waals surface area contributed by atoms with Crippen LogP contribution in [0.3, 0.4) is 0 Å². The molecule has 2 aromatic carbocycles. The Morgan fingerprint density at radius 1 is 0.694 bits per heavy atom. The fourth-order valence-electron chi connectivity index (χ4n) is 3.30. The standard InChI is InChI=1S/2C11H16O.C8H9N.2ClH.Ti/c2*1-8-5-6-10(12)9(7-8)11(2,3)4;1-6-4-5-9-8(3)7(6)2;;;/h2*5-7,12H,1-4H3;3-5H,1-2H3;2*1H;. The minimum Gasteiger partial charge on any atom is -0.147 e. The molecule has 0 saturated carbocycles. The predicted molar refractivity (Wildman–Crippen MR) is 156 cm³/mol. The molecule has 0 amide bonds. The maximum Gasteiger partial charge on any atom is -0.147 e. The zero-order chi connectivity index (χ0) is 26.3. The van der Waals surface area contributed by atoms with Crippen LogP contribution in [0.25, 0.3) is 0 Å². The van der Waals surface area contributed by atoms with Gasteiger partial charge in [-0.3, -0.25) is 0 Å². The summed E-state index contributed by atoms with van der Waals surface area (Å²) >= 11 is 2.01. The molecule has 0 aliphatic carbocycles. The number of halogens is 2. The number of aryl methyl sites for hydroxylation is 3. The maximum absolute atomic E-state index is 9.57. The topological polar surface area (TPSA) is 53.4 Å². The van der Waals surface area contributed by atoms with E-state index in [0.717, 1.165) is 16.8 Å². The molecule has 0 aliphatic heterocycles. The first-order chi connectivity index (χ1) is 15.6. The van der Waals surface area contributed by atoms with E-state index in [4.69, 9.17) is 0 Å². The van der Waals surface area contributed by atoms with Gasteiger partial charge in [0.25, 0.3) is 0 Å². The van der Waals surface area contributed by atoms with Gasteiger partial charge in [0.15, 0.2) is 0 Å². The summed E-state index contributed by atoms with van der Waals surface area (Å²) in [6, 6.07) is 13.5. The van der Waals surface area contributed by atoms with E-state index >= 15 is 0 Å². The first-order valence-electron chi connectivity index (χ1n) is 11.6. The van der Waals surface area contributed by atoms with Crippen molar-refractivity contribution in [2.24, 2.45) is 0 Å². The summed E-state index contributed by atoms with van der Waals surface area (Å²) in [7, 11) is 0. The number of hydrogen-bond donors (Lipinski definition) is 2. The van der Waals surface area contributed by atoms with Crippen molar-refractivity contribution < 1.29 is 30.2 Å². The second-order valence-electron chi connectivity index (χ2n) is 10.8. The van der Waals surface area contributed by atoms with Gasteiger partial charge >= 0.3 is 72.2 Å². The van der Waals surface area contributed by atoms with Crippen molar-refractivity contribution >= 4 is 29.1 Å². The second-order valence-corrected chi connectivity index (χ2v) is 11.3. The van der Waals surface area contributed by atoms with Gasteiger partial charge in [-0.05, 0) is 47.9 Å². The van der Waals surface area contributed by atoms with Crippen LogP contribution < -0.4 is 0 Å². The summed E-state index contributed by atoms with van der Waals surface area (Å²) < 4.78 is 2.03. The van der Waals surface area contributed by atoms with Crippen LogP contribution in [0.15, 0.2) is 48.7 Å². The van der Waals surface area contributed by atoms with Gasteiger partial charge in [0.1, 0.15) is 11.5 Å². The molecule has 0 radical (unpaired) electrons. The summed E-state index contributed by atoms with van der Waals surface area (Å²) in [4.78, 5) is 4.20. The SMILES string of the molecule is Cc1ccc(O)c(C(C)(C)C)c1.Cc1ccc(O)c(C(C)(C)C)c1.Cc1ccnc([CH]=[Ti])c1C.Cl.Cl. The quantitative estimate of drug-likeness (QED) is 0.291. The van der Waals surface area contributed by atoms with Crippen LogP contribution in [0.2, 0.25) is 0 Å². The largest absolute Gasteiger partial charge is 0.147 e. The van der Waals surface area contributed by atoms with Gasteiger partial charge in [-0.15, -0.1) is 24.8 Å². The fourth-order valence-corrected chi connectivity index (χ4v) is 3.75. The maximum atomic E-state index is 9.57. The monoisotopic (exact) mass is 567 g/mol. The molecule has 0 atom stereocenters. The fraction of sp³-hybridized carbons (Fsp3) is 0.400. The molecule has 0 fully saturated rings. The molecular formula is C30H43Cl2NO2Ti. The number of phenolic OH excluding ortho intramolecular Hbond substituents is 2. The number of phenols is 2. The van der Waals surface area contributed by atoms with E-state index in [1.54, 1.807) is 12.1 Å². The molecule has 0 bridgehead atoms. The van der Waals surface area contributed by atoms with Gasteiger partial charge < -0.3 is 10.2 Å². The normalized spacial score (nSPS) is 10.4. The molecule has 6 heteroatoms. The van der Waals surface area contributed by atoms with Crippen LogP contribution in [-0.4, -0.2) is 19.5 Å². The number of aromatic hydroxyl groups is 2. The molecule has 3 nitrogen and oxygen atoms in total. The van der Waals surface area contributed by atoms with Gasteiger partial charge in [-0.2, -0.15) is 0 Å². The van der Waals surface area contributed by atoms with Crippen LogP contribution in [0.4, 0.5) is 0 Å². The first kappa shape index (κ1) is 36.5. The number of hydrogen-bond acceptors (Lipinski definition) is 3. The van der Waals surface area contributed by atoms with E-state index in [1.165, 1.54) is 22.3 Å². The van der Waals surface area contributed by atoms with Crippen molar-refractivity contribution in [1.82, 2.24) is 4.98 Å². The van der Waals surface area contributed by atoms with Gasteiger partial charge in [0, 0.05) is 0 Å². The summed E-state index contributed by atoms with van der Waals surface area (Å²) in [6.07, 6.45) is 1.84. The van der Waals surface area contributed by atoms with E-state index in [9.17, 15) is 10.2 Å². The molecule has 0 saturated heterocycles. The first-order valence-corrected chi connectivity index (χ1v) is 12.5. The van der Waals surface area contributed by atoms with Crippen molar-refractivity contribution in [3.05, 3.63) is 87.7 Å². The van der Waals surface area contributed by atoms with E-state index in [0.29, 0.717) is 11.5 Å². The summed E-state index contributed by atoms with van der Waals surface area (Å²) in [5.74, 6) is 0.793. The predicted octanol–water partition coefficient (Wildman–Crippen LogP) is 8.24. The number of aromatic nitrogens is 1. The van der Waals surface area contributed by atoms with Crippen molar-refractivity contribution in [2.75, 3.05) is 0 Å². The molecule has 2 N–H and O–H groups in total. The van der Waals surface area contributed by atoms with Crippen LogP contribution in [-0.2, 0) is 30.8 Å². The Labute approximate surface area is 242 Å². The minimum absolute atomic E-state index is 0. The van der Waals surface area contributed by atoms with E-state index < -0.39 is 0 Å². The number of rotatable bonds is 1. The Hall–Kier alpha value is -1.65. The third-order valence-electron chi connectivity index (χ3n) is 5.57. The molecule has 36 heavy (non-hydrogen) atoms. The smallest absolute Gasteiger partial charge is 0.147 e. The molecule has 1 heterocycles. The van der Waals surface area contributed by atoms with Gasteiger partial charge in [0.05, 0.1) is 0 Å². The molecule has 3 rings (SSSR count). The molecule has 1 aromatic heterocycles. The summed E-state index contributed by atoms with van der Waals surface area (Å²) in [5, 5.41) is 19.1. The van der Waals surface area contributed by atoms with Crippen LogP contribution in [0.5, 0.6) is 11.5 Å². The van der Waals surface area contributed by atoms with Crippen LogP contribution in [0, 0.1) is 27.7 Å². The van der Waals surface area contributed by atoms with Crippen molar-refractivity contribution in [2.45, 2.75) is 80.1 Å². The van der Waals surface area contributed by atoms with E-state index in [2.05, 4.69) is 60.4 Å². The molecule has 3 aromatic rings. The molecule has 0 unspecified atom stereocenters. The number of pyridine rings is 1. The number of nitrogens with zero attached hydrogens (tertiary/aromatic N) is 1. The molecule has 0 spiro atoms. The average molecular weight is 568 g/mol. The molecule has 198 valence electrons. The average Bonchev–Trinajstić information content (AvgIpc) is 2.73. The Balaban J connectivity index is 0. The number of benzene rings is 2. The van der Waals surface area contributed by atoms with E-state index in [-0.39, 0.29) is 35.6 Å². The summed E-state index contributed by atoms with van der Waals surface area (Å²) in [6.45, 7) is 20.9. The van der Waals surface area contributed by atoms with Crippen molar-refractivity contribution in [1.29, 1.82) is 0 Å². The van der Waals surface area contributed by atoms with Gasteiger partial charge in [-0.25, -0.2) is 0 Å². The Kier molecular flexibility index (Phi) is 15.8. The zero-order valence-corrected chi connectivity index (χ0v) is 26.5. The van der Waals surface area contributed by atoms with Crippen LogP contribution in [0.1, 0.15) is 80.6 Å². The summed E-state index contributed by atoms with van der Waals surface area (Å²) in [5.41, 5.74) is 8.15. The second kappa shape index (κ2) is 15.6. The molecular weight excluding hydrogens is 525 g/mol. The Morgan fingerprint density at radius 2 is 1.08 bits per heavy atom. The Morgan fingerprint density at radius 3 is 1.36 bits per heavy atom. The third-order valence-corrected chi connectivity index (χ3v) is 6.00. The van der Waals surface area contributed by atoms with Crippen molar-refractivity contribution in [3.8, 4) is 11.5 Å². The van der Waals surface area contributed by atoms with Gasteiger partial charge in [0.2, 0.25) is 0 Å². The Bertz CT molecular complexity index is 1060. The third kappa shape index (κ3) is 11.6. The minimum atomic E-state index is 0.